The van der Waals surface area contributed by atoms with Gasteiger partial charge < -0.3 is 24.1 Å². The van der Waals surface area contributed by atoms with E-state index in [0.717, 1.165) is 5.56 Å². The van der Waals surface area contributed by atoms with Crippen molar-refractivity contribution in [2.45, 2.75) is 12.5 Å². The number of fused-ring (bicyclic) bond motifs is 1. The molecule has 0 radical (unpaired) electrons. The van der Waals surface area contributed by atoms with Crippen LogP contribution in [-0.4, -0.2) is 32.2 Å². The lowest BCUT2D eigenvalue weighted by atomic mass is 9.95. The summed E-state index contributed by atoms with van der Waals surface area (Å²) in [6, 6.07) is 8.22. The van der Waals surface area contributed by atoms with Gasteiger partial charge in [0.25, 0.3) is 0 Å². The van der Waals surface area contributed by atoms with Crippen molar-refractivity contribution < 1.29 is 28.8 Å². The molecule has 1 aliphatic rings. The van der Waals surface area contributed by atoms with Crippen LogP contribution in [0.3, 0.4) is 0 Å². The number of ketones is 1. The van der Waals surface area contributed by atoms with Crippen LogP contribution >= 0.6 is 0 Å². The zero-order chi connectivity index (χ0) is 17.3. The maximum Gasteiger partial charge on any atom is 0.204 e. The first kappa shape index (κ1) is 16.0. The van der Waals surface area contributed by atoms with E-state index in [4.69, 9.17) is 18.9 Å². The number of phenols is 1. The van der Waals surface area contributed by atoms with Gasteiger partial charge in [0.15, 0.2) is 17.3 Å². The SMILES string of the molecule is COc1cc2c(c(OC)c1OC)C(=O)C[C@@H](c1ccc(O)cc1)O2. The van der Waals surface area contributed by atoms with E-state index in [0.29, 0.717) is 28.6 Å². The second-order valence-corrected chi connectivity index (χ2v) is 5.34. The Morgan fingerprint density at radius 1 is 1.04 bits per heavy atom. The third-order valence-corrected chi connectivity index (χ3v) is 3.98. The van der Waals surface area contributed by atoms with Crippen molar-refractivity contribution in [1.29, 1.82) is 0 Å². The van der Waals surface area contributed by atoms with Crippen molar-refractivity contribution >= 4 is 5.78 Å². The summed E-state index contributed by atoms with van der Waals surface area (Å²) < 4.78 is 22.0. The Hall–Kier alpha value is -2.89. The monoisotopic (exact) mass is 330 g/mol. The lowest BCUT2D eigenvalue weighted by Gasteiger charge is -2.28. The highest BCUT2D eigenvalue weighted by Gasteiger charge is 2.34. The molecule has 1 N–H and O–H groups in total. The Labute approximate surface area is 139 Å². The van der Waals surface area contributed by atoms with Crippen molar-refractivity contribution in [3.05, 3.63) is 41.5 Å². The Morgan fingerprint density at radius 3 is 2.29 bits per heavy atom. The van der Waals surface area contributed by atoms with E-state index in [2.05, 4.69) is 0 Å². The first-order valence-electron chi connectivity index (χ1n) is 7.40. The number of aromatic hydroxyl groups is 1. The van der Waals surface area contributed by atoms with Crippen molar-refractivity contribution in [1.82, 2.24) is 0 Å². The molecule has 1 heterocycles. The lowest BCUT2D eigenvalue weighted by Crippen LogP contribution is -2.21. The maximum absolute atomic E-state index is 12.7. The van der Waals surface area contributed by atoms with Gasteiger partial charge in [-0.25, -0.2) is 0 Å². The predicted molar refractivity (Wildman–Crippen MR) is 86.5 cm³/mol. The number of hydrogen-bond acceptors (Lipinski definition) is 6. The van der Waals surface area contributed by atoms with Crippen LogP contribution in [0.1, 0.15) is 28.4 Å². The first-order chi connectivity index (χ1) is 11.6. The Balaban J connectivity index is 2.07. The minimum absolute atomic E-state index is 0.105. The number of ether oxygens (including phenoxy) is 4. The summed E-state index contributed by atoms with van der Waals surface area (Å²) in [7, 11) is 4.46. The number of phenolic OH excluding ortho intramolecular Hbond substituents is 1. The molecular formula is C18H18O6. The average molecular weight is 330 g/mol. The van der Waals surface area contributed by atoms with Crippen LogP contribution in [0, 0.1) is 0 Å². The quantitative estimate of drug-likeness (QED) is 0.928. The molecule has 0 aliphatic carbocycles. The number of carbonyl (C=O) groups is 1. The molecule has 0 aromatic heterocycles. The largest absolute Gasteiger partial charge is 0.508 e. The zero-order valence-electron chi connectivity index (χ0n) is 13.7. The van der Waals surface area contributed by atoms with Crippen molar-refractivity contribution in [2.24, 2.45) is 0 Å². The van der Waals surface area contributed by atoms with E-state index in [1.165, 1.54) is 21.3 Å². The summed E-state index contributed by atoms with van der Waals surface area (Å²) in [4.78, 5) is 12.7. The molecule has 0 saturated carbocycles. The number of benzene rings is 2. The molecule has 0 spiro atoms. The van der Waals surface area contributed by atoms with E-state index in [1.807, 2.05) is 0 Å². The highest BCUT2D eigenvalue weighted by atomic mass is 16.5. The Morgan fingerprint density at radius 2 is 1.71 bits per heavy atom. The summed E-state index contributed by atoms with van der Waals surface area (Å²) in [5.41, 5.74) is 1.16. The van der Waals surface area contributed by atoms with Gasteiger partial charge in [0.05, 0.1) is 27.8 Å². The van der Waals surface area contributed by atoms with Gasteiger partial charge in [-0.05, 0) is 17.7 Å². The second kappa shape index (κ2) is 6.31. The van der Waals surface area contributed by atoms with Gasteiger partial charge in [-0.1, -0.05) is 12.1 Å². The van der Waals surface area contributed by atoms with Crippen molar-refractivity contribution in [3.63, 3.8) is 0 Å². The second-order valence-electron chi connectivity index (χ2n) is 5.34. The minimum atomic E-state index is -0.437. The highest BCUT2D eigenvalue weighted by molar-refractivity contribution is 6.04. The molecule has 1 aliphatic heterocycles. The molecule has 0 saturated heterocycles. The molecule has 3 rings (SSSR count). The number of hydrogen-bond donors (Lipinski definition) is 1. The fraction of sp³-hybridized carbons (Fsp3) is 0.278. The average Bonchev–Trinajstić information content (AvgIpc) is 2.60. The summed E-state index contributed by atoms with van der Waals surface area (Å²) in [5, 5.41) is 9.40. The Bertz CT molecular complexity index is 766. The third kappa shape index (κ3) is 2.60. The van der Waals surface area contributed by atoms with E-state index < -0.39 is 6.10 Å². The molecule has 24 heavy (non-hydrogen) atoms. The highest BCUT2D eigenvalue weighted by Crippen LogP contribution is 2.49. The maximum atomic E-state index is 12.7. The molecule has 0 fully saturated rings. The summed E-state index contributed by atoms with van der Waals surface area (Å²) in [6.45, 7) is 0. The van der Waals surface area contributed by atoms with Crippen LogP contribution in [0.4, 0.5) is 0 Å². The smallest absolute Gasteiger partial charge is 0.204 e. The first-order valence-corrected chi connectivity index (χ1v) is 7.40. The predicted octanol–water partition coefficient (Wildman–Crippen LogP) is 3.12. The third-order valence-electron chi connectivity index (χ3n) is 3.98. The van der Waals surface area contributed by atoms with E-state index >= 15 is 0 Å². The molecule has 2 aromatic rings. The molecule has 0 unspecified atom stereocenters. The molecule has 2 aromatic carbocycles. The van der Waals surface area contributed by atoms with Crippen LogP contribution < -0.4 is 18.9 Å². The van der Waals surface area contributed by atoms with Gasteiger partial charge in [0.1, 0.15) is 23.2 Å². The molecule has 126 valence electrons. The standard InChI is InChI=1S/C18H18O6/c1-21-15-9-14-16(18(23-3)17(15)22-2)12(20)8-13(24-14)10-4-6-11(19)7-5-10/h4-7,9,13,19H,8H2,1-3H3/t13-/m0/s1. The van der Waals surface area contributed by atoms with Crippen LogP contribution in [0.25, 0.3) is 0 Å². The van der Waals surface area contributed by atoms with Crippen LogP contribution in [0.15, 0.2) is 30.3 Å². The van der Waals surface area contributed by atoms with Gasteiger partial charge >= 0.3 is 0 Å². The molecule has 1 atom stereocenters. The van der Waals surface area contributed by atoms with Crippen molar-refractivity contribution in [2.75, 3.05) is 21.3 Å². The van der Waals surface area contributed by atoms with Gasteiger partial charge in [0.2, 0.25) is 5.75 Å². The summed E-state index contributed by atoms with van der Waals surface area (Å²) in [6.07, 6.45) is -0.266. The fourth-order valence-corrected chi connectivity index (χ4v) is 2.83. The number of Topliss-reactive ketones (excluding diaryl/α,β-unsaturated/α-hetero) is 1. The van der Waals surface area contributed by atoms with Gasteiger partial charge in [0, 0.05) is 6.07 Å². The lowest BCUT2D eigenvalue weighted by molar-refractivity contribution is 0.0842. The summed E-state index contributed by atoms with van der Waals surface area (Å²) in [5.74, 6) is 1.53. The van der Waals surface area contributed by atoms with Gasteiger partial charge in [-0.2, -0.15) is 0 Å². The van der Waals surface area contributed by atoms with Gasteiger partial charge in [-0.15, -0.1) is 0 Å². The summed E-state index contributed by atoms with van der Waals surface area (Å²) >= 11 is 0. The fourth-order valence-electron chi connectivity index (χ4n) is 2.83. The van der Waals surface area contributed by atoms with Crippen LogP contribution in [-0.2, 0) is 0 Å². The minimum Gasteiger partial charge on any atom is -0.508 e. The number of carbonyl (C=O) groups excluding carboxylic acids is 1. The van der Waals surface area contributed by atoms with E-state index in [1.54, 1.807) is 30.3 Å². The molecule has 6 nitrogen and oxygen atoms in total. The van der Waals surface area contributed by atoms with Crippen LogP contribution in [0.5, 0.6) is 28.7 Å². The molecular weight excluding hydrogens is 312 g/mol. The van der Waals surface area contributed by atoms with Crippen molar-refractivity contribution in [3.8, 4) is 28.7 Å². The van der Waals surface area contributed by atoms with E-state index in [-0.39, 0.29) is 18.0 Å². The molecule has 6 heteroatoms. The van der Waals surface area contributed by atoms with Gasteiger partial charge in [-0.3, -0.25) is 4.79 Å². The number of methoxy groups -OCH3 is 3. The molecule has 0 bridgehead atoms. The van der Waals surface area contributed by atoms with Crippen LogP contribution in [0.2, 0.25) is 0 Å². The zero-order valence-corrected chi connectivity index (χ0v) is 13.7. The van der Waals surface area contributed by atoms with E-state index in [9.17, 15) is 9.90 Å². The normalized spacial score (nSPS) is 16.1. The Kier molecular flexibility index (Phi) is 4.20. The molecule has 0 amide bonds. The number of rotatable bonds is 4. The topological polar surface area (TPSA) is 74.2 Å².